The van der Waals surface area contributed by atoms with Gasteiger partial charge in [-0.1, -0.05) is 6.58 Å². The van der Waals surface area contributed by atoms with Crippen LogP contribution >= 0.6 is 11.9 Å². The normalized spacial score (nSPS) is 7.50. The SMILES string of the molecule is C=C(C)SN=N. The molecule has 3 heteroatoms. The molecule has 0 unspecified atom stereocenters. The number of hydrogen-bond acceptors (Lipinski definition) is 3. The third-order valence-electron chi connectivity index (χ3n) is 0.201. The lowest BCUT2D eigenvalue weighted by atomic mass is 10.8. The molecule has 2 nitrogen and oxygen atoms in total. The van der Waals surface area contributed by atoms with E-state index in [1.54, 1.807) is 0 Å². The second kappa shape index (κ2) is 2.90. The van der Waals surface area contributed by atoms with E-state index in [0.29, 0.717) is 0 Å². The van der Waals surface area contributed by atoms with E-state index in [4.69, 9.17) is 5.53 Å². The van der Waals surface area contributed by atoms with Gasteiger partial charge in [-0.15, -0.1) is 4.52 Å². The summed E-state index contributed by atoms with van der Waals surface area (Å²) < 4.78 is 3.00. The van der Waals surface area contributed by atoms with Crippen LogP contribution in [0.2, 0.25) is 0 Å². The van der Waals surface area contributed by atoms with Crippen LogP contribution in [0.5, 0.6) is 0 Å². The van der Waals surface area contributed by atoms with Crippen molar-refractivity contribution in [2.45, 2.75) is 6.92 Å². The van der Waals surface area contributed by atoms with Crippen molar-refractivity contribution in [2.24, 2.45) is 4.52 Å². The van der Waals surface area contributed by atoms with Crippen LogP contribution in [0.4, 0.5) is 0 Å². The van der Waals surface area contributed by atoms with Crippen LogP contribution in [0.1, 0.15) is 6.92 Å². The fraction of sp³-hybridized carbons (Fsp3) is 0.333. The first-order chi connectivity index (χ1) is 2.77. The standard InChI is InChI=1S/C3H6N2S/c1-3(2)6-5-4/h4H,1H2,2H3. The summed E-state index contributed by atoms with van der Waals surface area (Å²) in [6.45, 7) is 5.30. The highest BCUT2D eigenvalue weighted by Crippen LogP contribution is 2.10. The van der Waals surface area contributed by atoms with Crippen LogP contribution < -0.4 is 0 Å². The Morgan fingerprint density at radius 2 is 2.50 bits per heavy atom. The first kappa shape index (κ1) is 5.69. The zero-order valence-electron chi connectivity index (χ0n) is 3.56. The summed E-state index contributed by atoms with van der Waals surface area (Å²) in [5.74, 6) is 0. The molecule has 0 fully saturated rings. The van der Waals surface area contributed by atoms with Crippen LogP contribution in [-0.4, -0.2) is 0 Å². The Morgan fingerprint density at radius 3 is 2.50 bits per heavy atom. The van der Waals surface area contributed by atoms with E-state index in [-0.39, 0.29) is 0 Å². The molecule has 0 aromatic heterocycles. The Kier molecular flexibility index (Phi) is 2.75. The van der Waals surface area contributed by atoms with Crippen molar-refractivity contribution < 1.29 is 0 Å². The molecule has 0 aliphatic carbocycles. The van der Waals surface area contributed by atoms with Crippen LogP contribution in [0, 0.1) is 5.53 Å². The molecule has 1 N–H and O–H groups in total. The number of hydrogen-bond donors (Lipinski definition) is 1. The lowest BCUT2D eigenvalue weighted by Crippen LogP contribution is -1.48. The summed E-state index contributed by atoms with van der Waals surface area (Å²) in [5.41, 5.74) is 6.26. The van der Waals surface area contributed by atoms with Crippen molar-refractivity contribution in [1.82, 2.24) is 0 Å². The lowest BCUT2D eigenvalue weighted by molar-refractivity contribution is 1.25. The fourth-order valence-corrected chi connectivity index (χ4v) is 0.234. The number of nitrogens with one attached hydrogen (secondary N) is 1. The van der Waals surface area contributed by atoms with Crippen molar-refractivity contribution >= 4 is 11.9 Å². The van der Waals surface area contributed by atoms with E-state index < -0.39 is 0 Å². The molecule has 0 aromatic carbocycles. The Hall–Kier alpha value is -0.310. The summed E-state index contributed by atoms with van der Waals surface area (Å²) >= 11 is 1.08. The molecule has 0 aliphatic heterocycles. The van der Waals surface area contributed by atoms with Gasteiger partial charge in [0.1, 0.15) is 0 Å². The maximum Gasteiger partial charge on any atom is 0.0281 e. The van der Waals surface area contributed by atoms with Gasteiger partial charge >= 0.3 is 0 Å². The third kappa shape index (κ3) is 3.69. The van der Waals surface area contributed by atoms with Crippen molar-refractivity contribution in [1.29, 1.82) is 5.53 Å². The lowest BCUT2D eigenvalue weighted by Gasteiger charge is -1.79. The maximum absolute atomic E-state index is 6.26. The van der Waals surface area contributed by atoms with Crippen molar-refractivity contribution in [3.63, 3.8) is 0 Å². The molecule has 0 bridgehead atoms. The molecular weight excluding hydrogens is 96.1 g/mol. The van der Waals surface area contributed by atoms with Gasteiger partial charge in [-0.05, 0) is 11.8 Å². The second-order valence-corrected chi connectivity index (χ2v) is 1.95. The van der Waals surface area contributed by atoms with Gasteiger partial charge in [0.15, 0.2) is 0 Å². The first-order valence-electron chi connectivity index (χ1n) is 1.46. The highest BCUT2D eigenvalue weighted by Gasteiger charge is 1.75. The summed E-state index contributed by atoms with van der Waals surface area (Å²) in [4.78, 5) is 0.852. The van der Waals surface area contributed by atoms with Gasteiger partial charge in [-0.3, -0.25) is 0 Å². The largest absolute Gasteiger partial charge is 0.197 e. The Morgan fingerprint density at radius 1 is 2.00 bits per heavy atom. The van der Waals surface area contributed by atoms with E-state index >= 15 is 0 Å². The minimum absolute atomic E-state index is 0.852. The van der Waals surface area contributed by atoms with Gasteiger partial charge < -0.3 is 0 Å². The molecule has 0 rings (SSSR count). The summed E-state index contributed by atoms with van der Waals surface area (Å²) in [7, 11) is 0. The van der Waals surface area contributed by atoms with Gasteiger partial charge in [0, 0.05) is 11.9 Å². The fourth-order valence-electron chi connectivity index (χ4n) is 0.0779. The molecule has 0 spiro atoms. The van der Waals surface area contributed by atoms with E-state index in [2.05, 4.69) is 11.1 Å². The van der Waals surface area contributed by atoms with Crippen molar-refractivity contribution in [3.05, 3.63) is 11.5 Å². The monoisotopic (exact) mass is 102 g/mol. The smallest absolute Gasteiger partial charge is 0.0281 e. The van der Waals surface area contributed by atoms with Gasteiger partial charge in [0.2, 0.25) is 0 Å². The van der Waals surface area contributed by atoms with Gasteiger partial charge in [-0.2, -0.15) is 5.53 Å². The first-order valence-corrected chi connectivity index (χ1v) is 2.24. The Bertz CT molecular complexity index is 69.2. The molecule has 0 aromatic rings. The molecule has 0 radical (unpaired) electrons. The molecular formula is C3H6N2S. The van der Waals surface area contributed by atoms with E-state index in [0.717, 1.165) is 16.9 Å². The van der Waals surface area contributed by atoms with Gasteiger partial charge in [-0.25, -0.2) is 0 Å². The molecule has 0 atom stereocenters. The number of allylic oxidation sites excluding steroid dienone is 1. The topological polar surface area (TPSA) is 36.2 Å². The van der Waals surface area contributed by atoms with E-state index in [1.807, 2.05) is 6.92 Å². The molecule has 0 saturated heterocycles. The molecule has 0 heterocycles. The molecule has 6 heavy (non-hydrogen) atoms. The number of nitrogens with zero attached hydrogens (tertiary/aromatic N) is 1. The van der Waals surface area contributed by atoms with Gasteiger partial charge in [0.05, 0.1) is 0 Å². The molecule has 0 saturated carbocycles. The van der Waals surface area contributed by atoms with Gasteiger partial charge in [0.25, 0.3) is 0 Å². The van der Waals surface area contributed by atoms with Crippen LogP contribution in [0.3, 0.4) is 0 Å². The van der Waals surface area contributed by atoms with E-state index in [1.165, 1.54) is 0 Å². The quantitative estimate of drug-likeness (QED) is 0.421. The summed E-state index contributed by atoms with van der Waals surface area (Å²) in [5, 5.41) is 0. The zero-order valence-corrected chi connectivity index (χ0v) is 4.38. The van der Waals surface area contributed by atoms with Crippen LogP contribution in [-0.2, 0) is 0 Å². The summed E-state index contributed by atoms with van der Waals surface area (Å²) in [6.07, 6.45) is 0. The van der Waals surface area contributed by atoms with Crippen molar-refractivity contribution in [2.75, 3.05) is 0 Å². The Balaban J connectivity index is 3.05. The molecule has 0 aliphatic rings. The molecule has 0 amide bonds. The van der Waals surface area contributed by atoms with Crippen LogP contribution in [0.15, 0.2) is 16.0 Å². The minimum atomic E-state index is 0.852. The molecule has 34 valence electrons. The average molecular weight is 102 g/mol. The predicted molar refractivity (Wildman–Crippen MR) is 27.6 cm³/mol. The maximum atomic E-state index is 6.26. The Labute approximate surface area is 41.3 Å². The average Bonchev–Trinajstić information content (AvgIpc) is 1.35. The highest BCUT2D eigenvalue weighted by atomic mass is 32.2. The highest BCUT2D eigenvalue weighted by molar-refractivity contribution is 8.01. The van der Waals surface area contributed by atoms with Crippen molar-refractivity contribution in [3.8, 4) is 0 Å². The van der Waals surface area contributed by atoms with Crippen LogP contribution in [0.25, 0.3) is 0 Å². The van der Waals surface area contributed by atoms with E-state index in [9.17, 15) is 0 Å². The minimum Gasteiger partial charge on any atom is -0.197 e. The third-order valence-corrected chi connectivity index (χ3v) is 0.604. The number of rotatable bonds is 2. The zero-order chi connectivity index (χ0) is 4.99. The predicted octanol–water partition coefficient (Wildman–Crippen LogP) is 2.20. The second-order valence-electron chi connectivity index (χ2n) is 0.885. The summed E-state index contributed by atoms with van der Waals surface area (Å²) in [6, 6.07) is 0.